The van der Waals surface area contributed by atoms with Crippen molar-refractivity contribution in [3.05, 3.63) is 78.1 Å². The molecule has 2 heteroatoms. The van der Waals surface area contributed by atoms with Crippen LogP contribution in [0, 0.1) is 0 Å². The first kappa shape index (κ1) is 13.5. The van der Waals surface area contributed by atoms with Gasteiger partial charge in [-0.3, -0.25) is 9.78 Å². The number of Topliss-reactive ketones (excluding diaryl/α,β-unsaturated/α-hetero) is 1. The Morgan fingerprint density at radius 1 is 0.952 bits per heavy atom. The lowest BCUT2D eigenvalue weighted by molar-refractivity contribution is 0.0910. The topological polar surface area (TPSA) is 30.0 Å². The number of carbonyl (C=O) groups is 1. The number of carbonyl (C=O) groups excluding carboxylic acids is 1. The van der Waals surface area contributed by atoms with Gasteiger partial charge in [0, 0.05) is 23.3 Å². The average Bonchev–Trinajstić information content (AvgIpc) is 2.54. The van der Waals surface area contributed by atoms with Crippen LogP contribution in [0.2, 0.25) is 0 Å². The highest BCUT2D eigenvalue weighted by atomic mass is 16.1. The molecule has 0 saturated heterocycles. The number of nitrogens with zero attached hydrogens (tertiary/aromatic N) is 1. The number of aromatic nitrogens is 1. The summed E-state index contributed by atoms with van der Waals surface area (Å²) in [7, 11) is 0. The highest BCUT2D eigenvalue weighted by Gasteiger charge is 2.31. The van der Waals surface area contributed by atoms with Gasteiger partial charge in [0.15, 0.2) is 5.78 Å². The van der Waals surface area contributed by atoms with Crippen molar-refractivity contribution in [1.29, 1.82) is 0 Å². The van der Waals surface area contributed by atoms with Crippen molar-refractivity contribution in [1.82, 2.24) is 4.98 Å². The van der Waals surface area contributed by atoms with Gasteiger partial charge < -0.3 is 0 Å². The van der Waals surface area contributed by atoms with E-state index in [1.165, 1.54) is 0 Å². The number of ketones is 1. The molecule has 1 heterocycles. The van der Waals surface area contributed by atoms with E-state index in [0.717, 1.165) is 21.9 Å². The molecule has 0 bridgehead atoms. The summed E-state index contributed by atoms with van der Waals surface area (Å²) in [6.07, 6.45) is 3.52. The molecule has 0 aliphatic rings. The third-order valence-electron chi connectivity index (χ3n) is 3.99. The van der Waals surface area contributed by atoms with Crippen molar-refractivity contribution in [2.75, 3.05) is 0 Å². The normalized spacial score (nSPS) is 11.5. The molecular weight excluding hydrogens is 258 g/mol. The predicted octanol–water partition coefficient (Wildman–Crippen LogP) is 4.40. The highest BCUT2D eigenvalue weighted by Crippen LogP contribution is 2.30. The van der Waals surface area contributed by atoms with Gasteiger partial charge in [-0.1, -0.05) is 48.5 Å². The molecule has 0 spiro atoms. The summed E-state index contributed by atoms with van der Waals surface area (Å²) in [4.78, 5) is 17.2. The van der Waals surface area contributed by atoms with Crippen LogP contribution >= 0.6 is 0 Å². The van der Waals surface area contributed by atoms with Crippen LogP contribution in [0.3, 0.4) is 0 Å². The Labute approximate surface area is 124 Å². The second-order valence-corrected chi connectivity index (χ2v) is 5.72. The molecule has 0 unspecified atom stereocenters. The van der Waals surface area contributed by atoms with Crippen molar-refractivity contribution in [2.24, 2.45) is 0 Å². The molecule has 0 radical (unpaired) electrons. The van der Waals surface area contributed by atoms with Crippen molar-refractivity contribution in [2.45, 2.75) is 19.3 Å². The van der Waals surface area contributed by atoms with Crippen molar-refractivity contribution in [3.8, 4) is 0 Å². The van der Waals surface area contributed by atoms with Gasteiger partial charge in [0.05, 0.1) is 5.41 Å². The number of pyridine rings is 1. The fourth-order valence-corrected chi connectivity index (χ4v) is 2.64. The van der Waals surface area contributed by atoms with E-state index in [4.69, 9.17) is 0 Å². The van der Waals surface area contributed by atoms with Crippen LogP contribution in [0.15, 0.2) is 67.0 Å². The summed E-state index contributed by atoms with van der Waals surface area (Å²) in [6, 6.07) is 17.6. The number of fused-ring (bicyclic) bond motifs is 1. The molecule has 2 aromatic carbocycles. The van der Waals surface area contributed by atoms with Crippen LogP contribution in [0.4, 0.5) is 0 Å². The summed E-state index contributed by atoms with van der Waals surface area (Å²) in [6.45, 7) is 3.95. The summed E-state index contributed by atoms with van der Waals surface area (Å²) < 4.78 is 0. The smallest absolute Gasteiger partial charge is 0.173 e. The minimum absolute atomic E-state index is 0.130. The van der Waals surface area contributed by atoms with Crippen LogP contribution < -0.4 is 0 Å². The van der Waals surface area contributed by atoms with Gasteiger partial charge in [0.25, 0.3) is 0 Å². The van der Waals surface area contributed by atoms with Gasteiger partial charge in [-0.2, -0.15) is 0 Å². The Bertz CT molecular complexity index is 786. The number of hydrogen-bond donors (Lipinski definition) is 0. The molecule has 0 amide bonds. The van der Waals surface area contributed by atoms with Crippen LogP contribution in [0.1, 0.15) is 29.8 Å². The highest BCUT2D eigenvalue weighted by molar-refractivity contribution is 6.12. The van der Waals surface area contributed by atoms with Gasteiger partial charge in [-0.25, -0.2) is 0 Å². The van der Waals surface area contributed by atoms with Crippen LogP contribution in [0.25, 0.3) is 10.8 Å². The number of rotatable bonds is 3. The van der Waals surface area contributed by atoms with E-state index in [1.54, 1.807) is 12.4 Å². The van der Waals surface area contributed by atoms with Gasteiger partial charge in [0.2, 0.25) is 0 Å². The number of benzene rings is 2. The third kappa shape index (κ3) is 2.33. The van der Waals surface area contributed by atoms with E-state index >= 15 is 0 Å². The van der Waals surface area contributed by atoms with Crippen LogP contribution in [-0.2, 0) is 5.41 Å². The first-order valence-corrected chi connectivity index (χ1v) is 7.04. The van der Waals surface area contributed by atoms with Gasteiger partial charge in [-0.15, -0.1) is 0 Å². The Morgan fingerprint density at radius 3 is 2.48 bits per heavy atom. The van der Waals surface area contributed by atoms with E-state index in [1.807, 2.05) is 68.4 Å². The first-order chi connectivity index (χ1) is 10.1. The Hall–Kier alpha value is -2.48. The van der Waals surface area contributed by atoms with Crippen molar-refractivity contribution < 1.29 is 4.79 Å². The lowest BCUT2D eigenvalue weighted by Crippen LogP contribution is -2.29. The SMILES string of the molecule is CC(C)(C(=O)c1cccc2cnccc12)c1ccccc1. The molecule has 2 nitrogen and oxygen atoms in total. The summed E-state index contributed by atoms with van der Waals surface area (Å²) in [5.74, 6) is 0.130. The summed E-state index contributed by atoms with van der Waals surface area (Å²) in [5.41, 5.74) is 1.23. The predicted molar refractivity (Wildman–Crippen MR) is 85.5 cm³/mol. The zero-order valence-electron chi connectivity index (χ0n) is 12.2. The molecular formula is C19H17NO. The van der Waals surface area contributed by atoms with E-state index in [0.29, 0.717) is 0 Å². The minimum Gasteiger partial charge on any atom is -0.293 e. The standard InChI is InChI=1S/C19H17NO/c1-19(2,15-8-4-3-5-9-15)18(21)17-10-6-7-14-13-20-12-11-16(14)17/h3-13H,1-2H3. The van der Waals surface area contributed by atoms with Gasteiger partial charge in [-0.05, 0) is 30.9 Å². The molecule has 3 rings (SSSR count). The third-order valence-corrected chi connectivity index (χ3v) is 3.99. The van der Waals surface area contributed by atoms with Gasteiger partial charge in [0.1, 0.15) is 0 Å². The van der Waals surface area contributed by atoms with Crippen molar-refractivity contribution >= 4 is 16.6 Å². The lowest BCUT2D eigenvalue weighted by atomic mass is 9.77. The molecule has 1 aromatic heterocycles. The molecule has 3 aromatic rings. The van der Waals surface area contributed by atoms with Gasteiger partial charge >= 0.3 is 0 Å². The van der Waals surface area contributed by atoms with Crippen LogP contribution in [0.5, 0.6) is 0 Å². The van der Waals surface area contributed by atoms with E-state index in [9.17, 15) is 4.79 Å². The van der Waals surface area contributed by atoms with Crippen LogP contribution in [-0.4, -0.2) is 10.8 Å². The monoisotopic (exact) mass is 275 g/mol. The Kier molecular flexibility index (Phi) is 3.30. The minimum atomic E-state index is -0.557. The lowest BCUT2D eigenvalue weighted by Gasteiger charge is -2.24. The molecule has 0 saturated carbocycles. The zero-order chi connectivity index (χ0) is 14.9. The molecule has 21 heavy (non-hydrogen) atoms. The Morgan fingerprint density at radius 2 is 1.71 bits per heavy atom. The molecule has 0 aliphatic carbocycles. The molecule has 0 N–H and O–H groups in total. The fourth-order valence-electron chi connectivity index (χ4n) is 2.64. The fraction of sp³-hybridized carbons (Fsp3) is 0.158. The Balaban J connectivity index is 2.13. The molecule has 0 fully saturated rings. The zero-order valence-corrected chi connectivity index (χ0v) is 12.2. The average molecular weight is 275 g/mol. The number of hydrogen-bond acceptors (Lipinski definition) is 2. The maximum atomic E-state index is 13.1. The second-order valence-electron chi connectivity index (χ2n) is 5.72. The first-order valence-electron chi connectivity index (χ1n) is 7.04. The van der Waals surface area contributed by atoms with Crippen molar-refractivity contribution in [3.63, 3.8) is 0 Å². The molecule has 0 atom stereocenters. The molecule has 0 aliphatic heterocycles. The quantitative estimate of drug-likeness (QED) is 0.663. The molecule has 104 valence electrons. The van der Waals surface area contributed by atoms with E-state index in [-0.39, 0.29) is 5.78 Å². The van der Waals surface area contributed by atoms with E-state index in [2.05, 4.69) is 4.98 Å². The maximum Gasteiger partial charge on any atom is 0.173 e. The summed E-state index contributed by atoms with van der Waals surface area (Å²) in [5, 5.41) is 1.95. The van der Waals surface area contributed by atoms with E-state index < -0.39 is 5.41 Å². The second kappa shape index (κ2) is 5.13. The largest absolute Gasteiger partial charge is 0.293 e. The maximum absolute atomic E-state index is 13.1. The summed E-state index contributed by atoms with van der Waals surface area (Å²) >= 11 is 0.